The van der Waals surface area contributed by atoms with Crippen LogP contribution in [-0.2, 0) is 0 Å². The van der Waals surface area contributed by atoms with Crippen molar-refractivity contribution in [3.63, 3.8) is 0 Å². The molecule has 0 bridgehead atoms. The van der Waals surface area contributed by atoms with Gasteiger partial charge in [0.1, 0.15) is 0 Å². The summed E-state index contributed by atoms with van der Waals surface area (Å²) in [5, 5.41) is 2.93. The summed E-state index contributed by atoms with van der Waals surface area (Å²) < 4.78 is 1.20. The van der Waals surface area contributed by atoms with Crippen LogP contribution in [0.25, 0.3) is 10.1 Å². The van der Waals surface area contributed by atoms with Crippen molar-refractivity contribution in [3.05, 3.63) is 29.6 Å². The van der Waals surface area contributed by atoms with E-state index in [1.54, 1.807) is 11.3 Å². The van der Waals surface area contributed by atoms with E-state index in [2.05, 4.69) is 0 Å². The molecule has 0 atom stereocenters. The summed E-state index contributed by atoms with van der Waals surface area (Å²) >= 11 is 1.63. The minimum absolute atomic E-state index is 0.639. The summed E-state index contributed by atoms with van der Waals surface area (Å²) in [6, 6.07) is 7.98. The van der Waals surface area contributed by atoms with E-state index in [9.17, 15) is 0 Å². The number of hydrogen-bond acceptors (Lipinski definition) is 1. The van der Waals surface area contributed by atoms with Gasteiger partial charge in [0.05, 0.1) is 5.69 Å². The Hall–Kier alpha value is -1.02. The molecule has 0 spiro atoms. The molecule has 2 aromatic rings. The molecule has 49 valence electrons. The van der Waals surface area contributed by atoms with E-state index in [0.717, 1.165) is 5.39 Å². The van der Waals surface area contributed by atoms with E-state index in [1.807, 2.05) is 29.6 Å². The van der Waals surface area contributed by atoms with Crippen LogP contribution in [0.5, 0.6) is 0 Å². The van der Waals surface area contributed by atoms with Crippen LogP contribution in [0.15, 0.2) is 29.6 Å². The van der Waals surface area contributed by atoms with Gasteiger partial charge in [-0.05, 0) is 6.07 Å². The zero-order valence-corrected chi connectivity index (χ0v) is 6.11. The molecule has 0 aliphatic heterocycles. The maximum atomic E-state index is 7.45. The van der Waals surface area contributed by atoms with Gasteiger partial charge in [-0.2, -0.15) is 0 Å². The fourth-order valence-corrected chi connectivity index (χ4v) is 1.81. The van der Waals surface area contributed by atoms with Crippen molar-refractivity contribution in [2.75, 3.05) is 0 Å². The third kappa shape index (κ3) is 0.693. The van der Waals surface area contributed by atoms with Crippen molar-refractivity contribution in [2.24, 2.45) is 0 Å². The van der Waals surface area contributed by atoms with Crippen molar-refractivity contribution < 1.29 is 0 Å². The molecule has 10 heavy (non-hydrogen) atoms. The van der Waals surface area contributed by atoms with Gasteiger partial charge in [-0.15, -0.1) is 11.3 Å². The van der Waals surface area contributed by atoms with Gasteiger partial charge in [0.2, 0.25) is 0 Å². The van der Waals surface area contributed by atoms with Crippen LogP contribution in [0.3, 0.4) is 0 Å². The van der Waals surface area contributed by atoms with Crippen molar-refractivity contribution in [1.82, 2.24) is 5.73 Å². The zero-order valence-electron chi connectivity index (χ0n) is 5.29. The Bertz CT molecular complexity index is 351. The summed E-state index contributed by atoms with van der Waals surface area (Å²) in [5.74, 6) is 0. The first-order chi connectivity index (χ1) is 4.88. The summed E-state index contributed by atoms with van der Waals surface area (Å²) in [6.07, 6.45) is 0. The number of nitrogens with one attached hydrogen (secondary N) is 1. The van der Waals surface area contributed by atoms with Gasteiger partial charge in [-0.25, -0.2) is 0 Å². The fourth-order valence-electron chi connectivity index (χ4n) is 0.978. The Labute approximate surface area is 63.1 Å². The van der Waals surface area contributed by atoms with Crippen molar-refractivity contribution >= 4 is 27.1 Å². The van der Waals surface area contributed by atoms with Gasteiger partial charge < -0.3 is 0 Å². The van der Waals surface area contributed by atoms with Crippen LogP contribution >= 0.6 is 11.3 Å². The van der Waals surface area contributed by atoms with E-state index in [0.29, 0.717) is 5.69 Å². The molecule has 2 rings (SSSR count). The summed E-state index contributed by atoms with van der Waals surface area (Å²) in [4.78, 5) is 0. The predicted molar refractivity (Wildman–Crippen MR) is 44.6 cm³/mol. The molecular weight excluding hydrogens is 142 g/mol. The lowest BCUT2D eigenvalue weighted by Crippen LogP contribution is -1.62. The van der Waals surface area contributed by atoms with E-state index in [4.69, 9.17) is 5.73 Å². The first kappa shape index (κ1) is 5.74. The molecule has 1 aromatic carbocycles. The largest absolute Gasteiger partial charge is 0.299 e. The monoisotopic (exact) mass is 148 g/mol. The van der Waals surface area contributed by atoms with Crippen LogP contribution in [0.4, 0.5) is 5.69 Å². The summed E-state index contributed by atoms with van der Waals surface area (Å²) in [5.41, 5.74) is 8.09. The molecule has 1 N–H and O–H groups in total. The Morgan fingerprint density at radius 1 is 1.20 bits per heavy atom. The Morgan fingerprint density at radius 2 is 2.00 bits per heavy atom. The molecule has 1 nitrogen and oxygen atoms in total. The second-order valence-corrected chi connectivity index (χ2v) is 3.06. The minimum Gasteiger partial charge on any atom is -0.299 e. The summed E-state index contributed by atoms with van der Waals surface area (Å²) in [7, 11) is 0. The number of fused-ring (bicyclic) bond motifs is 1. The Morgan fingerprint density at radius 3 is 2.80 bits per heavy atom. The lowest BCUT2D eigenvalue weighted by molar-refractivity contribution is 1.57. The fraction of sp³-hybridized carbons (Fsp3) is 0. The second kappa shape index (κ2) is 1.99. The highest BCUT2D eigenvalue weighted by Gasteiger charge is 1.96. The standard InChI is InChI=1S/C8H6NS/c9-7-5-10-8-4-2-1-3-6(7)8/h1-5,9H. The molecular formula is C8H6NS. The third-order valence-electron chi connectivity index (χ3n) is 1.48. The van der Waals surface area contributed by atoms with Crippen LogP contribution < -0.4 is 5.73 Å². The average Bonchev–Trinajstić information content (AvgIpc) is 2.34. The van der Waals surface area contributed by atoms with E-state index >= 15 is 0 Å². The predicted octanol–water partition coefficient (Wildman–Crippen LogP) is 2.82. The average molecular weight is 148 g/mol. The highest BCUT2D eigenvalue weighted by molar-refractivity contribution is 7.17. The molecule has 0 fully saturated rings. The van der Waals surface area contributed by atoms with Gasteiger partial charge >= 0.3 is 0 Å². The molecule has 0 amide bonds. The second-order valence-electron chi connectivity index (χ2n) is 2.15. The molecule has 0 saturated carbocycles. The van der Waals surface area contributed by atoms with Crippen LogP contribution in [0.1, 0.15) is 0 Å². The minimum atomic E-state index is 0.639. The maximum Gasteiger partial charge on any atom is 0.0725 e. The SMILES string of the molecule is [NH]c1csc2ccccc12. The maximum absolute atomic E-state index is 7.45. The van der Waals surface area contributed by atoms with Crippen molar-refractivity contribution in [3.8, 4) is 0 Å². The molecule has 1 radical (unpaired) electrons. The quantitative estimate of drug-likeness (QED) is 0.548. The first-order valence-corrected chi connectivity index (χ1v) is 3.94. The van der Waals surface area contributed by atoms with Gasteiger partial charge in [-0.3, -0.25) is 5.73 Å². The molecule has 0 aliphatic carbocycles. The Balaban J connectivity index is 2.93. The smallest absolute Gasteiger partial charge is 0.0725 e. The molecule has 1 heterocycles. The van der Waals surface area contributed by atoms with E-state index in [-0.39, 0.29) is 0 Å². The number of rotatable bonds is 0. The lowest BCUT2D eigenvalue weighted by atomic mass is 10.2. The molecule has 0 unspecified atom stereocenters. The highest BCUT2D eigenvalue weighted by Crippen LogP contribution is 2.27. The van der Waals surface area contributed by atoms with Gasteiger partial charge in [-0.1, -0.05) is 18.2 Å². The van der Waals surface area contributed by atoms with Crippen LogP contribution in [-0.4, -0.2) is 0 Å². The number of thiophene rings is 1. The Kier molecular flexibility index (Phi) is 1.14. The molecule has 0 aliphatic rings. The molecule has 2 heteroatoms. The van der Waals surface area contributed by atoms with Gasteiger partial charge in [0, 0.05) is 15.5 Å². The summed E-state index contributed by atoms with van der Waals surface area (Å²) in [6.45, 7) is 0. The zero-order chi connectivity index (χ0) is 6.97. The van der Waals surface area contributed by atoms with Crippen molar-refractivity contribution in [2.45, 2.75) is 0 Å². The normalized spacial score (nSPS) is 10.4. The number of benzene rings is 1. The van der Waals surface area contributed by atoms with Crippen LogP contribution in [0.2, 0.25) is 0 Å². The van der Waals surface area contributed by atoms with E-state index < -0.39 is 0 Å². The lowest BCUT2D eigenvalue weighted by Gasteiger charge is -1.86. The van der Waals surface area contributed by atoms with Crippen LogP contribution in [0, 0.1) is 0 Å². The number of hydrogen-bond donors (Lipinski definition) is 0. The van der Waals surface area contributed by atoms with E-state index in [1.165, 1.54) is 4.70 Å². The third-order valence-corrected chi connectivity index (χ3v) is 2.44. The highest BCUT2D eigenvalue weighted by atomic mass is 32.1. The molecule has 1 aromatic heterocycles. The topological polar surface area (TPSA) is 23.8 Å². The molecule has 0 saturated heterocycles. The first-order valence-electron chi connectivity index (χ1n) is 3.06. The van der Waals surface area contributed by atoms with Gasteiger partial charge in [0.25, 0.3) is 0 Å². The van der Waals surface area contributed by atoms with Crippen molar-refractivity contribution in [1.29, 1.82) is 0 Å². The van der Waals surface area contributed by atoms with Gasteiger partial charge in [0.15, 0.2) is 0 Å².